The second-order valence-electron chi connectivity index (χ2n) is 5.74. The van der Waals surface area contributed by atoms with E-state index in [4.69, 9.17) is 9.47 Å². The third kappa shape index (κ3) is 7.31. The SMILES string of the molecule is COCCOCc1ccccc1CCNC(C)(C)C. The minimum Gasteiger partial charge on any atom is -0.382 e. The average Bonchev–Trinajstić information content (AvgIpc) is 2.35. The Morgan fingerprint density at radius 3 is 2.37 bits per heavy atom. The van der Waals surface area contributed by atoms with Crippen LogP contribution in [0.4, 0.5) is 0 Å². The van der Waals surface area contributed by atoms with Crippen LogP contribution in [0.25, 0.3) is 0 Å². The van der Waals surface area contributed by atoms with Gasteiger partial charge < -0.3 is 14.8 Å². The highest BCUT2D eigenvalue weighted by Crippen LogP contribution is 2.11. The van der Waals surface area contributed by atoms with Gasteiger partial charge in [0, 0.05) is 12.6 Å². The van der Waals surface area contributed by atoms with E-state index in [0.717, 1.165) is 13.0 Å². The van der Waals surface area contributed by atoms with Crippen molar-refractivity contribution in [3.63, 3.8) is 0 Å². The first-order valence-electron chi connectivity index (χ1n) is 6.91. The van der Waals surface area contributed by atoms with Gasteiger partial charge in [0.15, 0.2) is 0 Å². The Morgan fingerprint density at radius 2 is 1.74 bits per heavy atom. The smallest absolute Gasteiger partial charge is 0.0720 e. The lowest BCUT2D eigenvalue weighted by molar-refractivity contribution is 0.0613. The molecule has 0 bridgehead atoms. The van der Waals surface area contributed by atoms with E-state index >= 15 is 0 Å². The highest BCUT2D eigenvalue weighted by atomic mass is 16.5. The molecule has 1 N–H and O–H groups in total. The average molecular weight is 265 g/mol. The number of methoxy groups -OCH3 is 1. The van der Waals surface area contributed by atoms with Crippen LogP contribution in [0.3, 0.4) is 0 Å². The Morgan fingerprint density at radius 1 is 1.05 bits per heavy atom. The quantitative estimate of drug-likeness (QED) is 0.733. The van der Waals surface area contributed by atoms with Crippen LogP contribution < -0.4 is 5.32 Å². The summed E-state index contributed by atoms with van der Waals surface area (Å²) in [5, 5.41) is 3.51. The van der Waals surface area contributed by atoms with Crippen molar-refractivity contribution >= 4 is 0 Å². The largest absolute Gasteiger partial charge is 0.382 e. The predicted octanol–water partition coefficient (Wildman–Crippen LogP) is 2.78. The first-order valence-corrected chi connectivity index (χ1v) is 6.91. The summed E-state index contributed by atoms with van der Waals surface area (Å²) in [7, 11) is 1.69. The third-order valence-electron chi connectivity index (χ3n) is 2.86. The number of benzene rings is 1. The van der Waals surface area contributed by atoms with Gasteiger partial charge >= 0.3 is 0 Å². The maximum absolute atomic E-state index is 5.60. The Hall–Kier alpha value is -0.900. The van der Waals surface area contributed by atoms with Crippen molar-refractivity contribution in [1.29, 1.82) is 0 Å². The molecule has 3 nitrogen and oxygen atoms in total. The summed E-state index contributed by atoms with van der Waals surface area (Å²) in [4.78, 5) is 0. The van der Waals surface area contributed by atoms with E-state index in [0.29, 0.717) is 19.8 Å². The van der Waals surface area contributed by atoms with Crippen molar-refractivity contribution in [2.45, 2.75) is 39.3 Å². The molecular weight excluding hydrogens is 238 g/mol. The van der Waals surface area contributed by atoms with Crippen molar-refractivity contribution in [2.24, 2.45) is 0 Å². The normalized spacial score (nSPS) is 11.8. The van der Waals surface area contributed by atoms with Crippen LogP contribution >= 0.6 is 0 Å². The molecule has 108 valence electrons. The summed E-state index contributed by atoms with van der Waals surface area (Å²) >= 11 is 0. The van der Waals surface area contributed by atoms with E-state index in [-0.39, 0.29) is 5.54 Å². The second-order valence-corrected chi connectivity index (χ2v) is 5.74. The van der Waals surface area contributed by atoms with Gasteiger partial charge in [-0.25, -0.2) is 0 Å². The Balaban J connectivity index is 2.44. The molecule has 0 aromatic heterocycles. The minimum atomic E-state index is 0.171. The lowest BCUT2D eigenvalue weighted by atomic mass is 10.0. The zero-order valence-electron chi connectivity index (χ0n) is 12.7. The van der Waals surface area contributed by atoms with Crippen molar-refractivity contribution in [3.8, 4) is 0 Å². The highest BCUT2D eigenvalue weighted by molar-refractivity contribution is 5.26. The zero-order chi connectivity index (χ0) is 14.1. The van der Waals surface area contributed by atoms with E-state index in [1.54, 1.807) is 7.11 Å². The first-order chi connectivity index (χ1) is 9.03. The number of rotatable bonds is 8. The van der Waals surface area contributed by atoms with Crippen molar-refractivity contribution < 1.29 is 9.47 Å². The summed E-state index contributed by atoms with van der Waals surface area (Å²) in [6.07, 6.45) is 1.03. The topological polar surface area (TPSA) is 30.5 Å². The van der Waals surface area contributed by atoms with Crippen LogP contribution in [-0.2, 0) is 22.5 Å². The summed E-state index contributed by atoms with van der Waals surface area (Å²) in [5.74, 6) is 0. The molecule has 0 spiro atoms. The van der Waals surface area contributed by atoms with Gasteiger partial charge in [0.2, 0.25) is 0 Å². The number of hydrogen-bond acceptors (Lipinski definition) is 3. The maximum atomic E-state index is 5.60. The maximum Gasteiger partial charge on any atom is 0.0720 e. The fourth-order valence-electron chi connectivity index (χ4n) is 1.84. The van der Waals surface area contributed by atoms with Crippen LogP contribution in [0, 0.1) is 0 Å². The first kappa shape index (κ1) is 16.2. The van der Waals surface area contributed by atoms with Gasteiger partial charge in [-0.3, -0.25) is 0 Å². The molecule has 0 saturated heterocycles. The molecule has 0 aliphatic rings. The molecule has 3 heteroatoms. The molecule has 0 aliphatic heterocycles. The molecule has 1 aromatic rings. The van der Waals surface area contributed by atoms with Crippen molar-refractivity contribution in [3.05, 3.63) is 35.4 Å². The van der Waals surface area contributed by atoms with E-state index in [2.05, 4.69) is 50.4 Å². The van der Waals surface area contributed by atoms with Crippen LogP contribution in [0.1, 0.15) is 31.9 Å². The van der Waals surface area contributed by atoms with Gasteiger partial charge in [0.05, 0.1) is 19.8 Å². The summed E-state index contributed by atoms with van der Waals surface area (Å²) in [6, 6.07) is 8.47. The van der Waals surface area contributed by atoms with E-state index < -0.39 is 0 Å². The molecule has 0 aliphatic carbocycles. The fraction of sp³-hybridized carbons (Fsp3) is 0.625. The fourth-order valence-corrected chi connectivity index (χ4v) is 1.84. The third-order valence-corrected chi connectivity index (χ3v) is 2.86. The van der Waals surface area contributed by atoms with E-state index in [1.807, 2.05) is 0 Å². The van der Waals surface area contributed by atoms with Crippen LogP contribution in [0.15, 0.2) is 24.3 Å². The second kappa shape index (κ2) is 8.31. The number of ether oxygens (including phenoxy) is 2. The van der Waals surface area contributed by atoms with Gasteiger partial charge in [-0.1, -0.05) is 24.3 Å². The van der Waals surface area contributed by atoms with Crippen LogP contribution in [0.2, 0.25) is 0 Å². The lowest BCUT2D eigenvalue weighted by Crippen LogP contribution is -2.37. The highest BCUT2D eigenvalue weighted by Gasteiger charge is 2.08. The molecule has 0 heterocycles. The molecule has 1 aromatic carbocycles. The molecular formula is C16H27NO2. The summed E-state index contributed by atoms with van der Waals surface area (Å²) in [5.41, 5.74) is 2.80. The molecule has 19 heavy (non-hydrogen) atoms. The van der Waals surface area contributed by atoms with Gasteiger partial charge in [0.1, 0.15) is 0 Å². The monoisotopic (exact) mass is 265 g/mol. The molecule has 0 fully saturated rings. The van der Waals surface area contributed by atoms with Crippen molar-refractivity contribution in [2.75, 3.05) is 26.9 Å². The molecule has 0 amide bonds. The van der Waals surface area contributed by atoms with Crippen molar-refractivity contribution in [1.82, 2.24) is 5.32 Å². The molecule has 0 radical (unpaired) electrons. The number of nitrogens with one attached hydrogen (secondary N) is 1. The summed E-state index contributed by atoms with van der Waals surface area (Å²) < 4.78 is 10.6. The predicted molar refractivity (Wildman–Crippen MR) is 79.4 cm³/mol. The molecule has 1 rings (SSSR count). The van der Waals surface area contributed by atoms with Crippen LogP contribution in [-0.4, -0.2) is 32.4 Å². The number of hydrogen-bond donors (Lipinski definition) is 1. The molecule has 0 atom stereocenters. The molecule has 0 unspecified atom stereocenters. The van der Waals surface area contributed by atoms with Gasteiger partial charge in [-0.15, -0.1) is 0 Å². The zero-order valence-corrected chi connectivity index (χ0v) is 12.7. The van der Waals surface area contributed by atoms with E-state index in [1.165, 1.54) is 11.1 Å². The summed E-state index contributed by atoms with van der Waals surface area (Å²) in [6.45, 7) is 9.50. The van der Waals surface area contributed by atoms with Gasteiger partial charge in [-0.2, -0.15) is 0 Å². The Labute approximate surface area is 117 Å². The lowest BCUT2D eigenvalue weighted by Gasteiger charge is -2.21. The van der Waals surface area contributed by atoms with Gasteiger partial charge in [-0.05, 0) is 44.9 Å². The molecule has 0 saturated carbocycles. The van der Waals surface area contributed by atoms with E-state index in [9.17, 15) is 0 Å². The Kier molecular flexibility index (Phi) is 7.06. The van der Waals surface area contributed by atoms with Crippen LogP contribution in [0.5, 0.6) is 0 Å². The standard InChI is InChI=1S/C16H27NO2/c1-16(2,3)17-10-9-14-7-5-6-8-15(14)13-19-12-11-18-4/h5-8,17H,9-13H2,1-4H3. The minimum absolute atomic E-state index is 0.171. The Bertz CT molecular complexity index is 358. The van der Waals surface area contributed by atoms with Gasteiger partial charge in [0.25, 0.3) is 0 Å².